The molecule has 0 aromatic carbocycles. The second-order valence-corrected chi connectivity index (χ2v) is 3.48. The lowest BCUT2D eigenvalue weighted by molar-refractivity contribution is 0.0502. The number of H-pyrrole nitrogens is 1. The fourth-order valence-corrected chi connectivity index (χ4v) is 1.37. The minimum atomic E-state index is -0.546. The lowest BCUT2D eigenvalue weighted by atomic mass is 10.1. The van der Waals surface area contributed by atoms with Crippen molar-refractivity contribution in [3.63, 3.8) is 0 Å². The molecule has 15 heavy (non-hydrogen) atoms. The highest BCUT2D eigenvalue weighted by atomic mass is 16.5. The van der Waals surface area contributed by atoms with Gasteiger partial charge in [0.15, 0.2) is 0 Å². The van der Waals surface area contributed by atoms with Gasteiger partial charge in [0, 0.05) is 5.69 Å². The van der Waals surface area contributed by atoms with Crippen molar-refractivity contribution in [3.8, 4) is 0 Å². The van der Waals surface area contributed by atoms with Crippen LogP contribution in [0.2, 0.25) is 0 Å². The maximum absolute atomic E-state index is 11.5. The smallest absolute Gasteiger partial charge is 0.344 e. The number of pyridine rings is 1. The topological polar surface area (TPSA) is 59.2 Å². The van der Waals surface area contributed by atoms with E-state index in [0.717, 1.165) is 12.1 Å². The maximum atomic E-state index is 11.5. The van der Waals surface area contributed by atoms with E-state index in [9.17, 15) is 9.59 Å². The minimum absolute atomic E-state index is 0.106. The standard InChI is InChI=1S/C11H15NO3/c1-4-5-15-11(14)9-7(2)6-8(3)12-10(9)13/h6H,4-5H2,1-3H3,(H,12,13). The molecule has 0 spiro atoms. The van der Waals surface area contributed by atoms with E-state index >= 15 is 0 Å². The summed E-state index contributed by atoms with van der Waals surface area (Å²) in [5.74, 6) is -0.546. The molecule has 0 radical (unpaired) electrons. The van der Waals surface area contributed by atoms with Crippen molar-refractivity contribution in [1.29, 1.82) is 0 Å². The van der Waals surface area contributed by atoms with Crippen LogP contribution in [0.4, 0.5) is 0 Å². The number of aromatic nitrogens is 1. The average Bonchev–Trinajstić information content (AvgIpc) is 2.12. The van der Waals surface area contributed by atoms with Gasteiger partial charge in [-0.05, 0) is 31.9 Å². The zero-order chi connectivity index (χ0) is 11.4. The molecule has 1 rings (SSSR count). The summed E-state index contributed by atoms with van der Waals surface area (Å²) in [5.41, 5.74) is 1.12. The minimum Gasteiger partial charge on any atom is -0.462 e. The quantitative estimate of drug-likeness (QED) is 0.768. The first-order valence-corrected chi connectivity index (χ1v) is 4.94. The average molecular weight is 209 g/mol. The normalized spacial score (nSPS) is 10.1. The third-order valence-electron chi connectivity index (χ3n) is 2.01. The van der Waals surface area contributed by atoms with Crippen LogP contribution >= 0.6 is 0 Å². The Labute approximate surface area is 88.3 Å². The van der Waals surface area contributed by atoms with Crippen molar-refractivity contribution in [3.05, 3.63) is 33.2 Å². The van der Waals surface area contributed by atoms with E-state index < -0.39 is 5.97 Å². The molecule has 82 valence electrons. The van der Waals surface area contributed by atoms with Gasteiger partial charge in [0.05, 0.1) is 6.61 Å². The summed E-state index contributed by atoms with van der Waals surface area (Å²) in [6.45, 7) is 5.74. The third-order valence-corrected chi connectivity index (χ3v) is 2.01. The number of hydrogen-bond donors (Lipinski definition) is 1. The van der Waals surface area contributed by atoms with Crippen LogP contribution in [-0.2, 0) is 4.74 Å². The predicted octanol–water partition coefficient (Wildman–Crippen LogP) is 1.56. The summed E-state index contributed by atoms with van der Waals surface area (Å²) in [6, 6.07) is 1.75. The first-order valence-electron chi connectivity index (χ1n) is 4.94. The van der Waals surface area contributed by atoms with E-state index in [1.54, 1.807) is 19.9 Å². The molecular formula is C11H15NO3. The largest absolute Gasteiger partial charge is 0.462 e. The lowest BCUT2D eigenvalue weighted by Gasteiger charge is -2.05. The molecule has 0 amide bonds. The molecule has 0 saturated carbocycles. The Morgan fingerprint density at radius 1 is 1.47 bits per heavy atom. The molecule has 0 aliphatic heterocycles. The van der Waals surface area contributed by atoms with Gasteiger partial charge in [-0.25, -0.2) is 4.79 Å². The van der Waals surface area contributed by atoms with Crippen molar-refractivity contribution >= 4 is 5.97 Å². The van der Waals surface area contributed by atoms with Crippen molar-refractivity contribution in [2.75, 3.05) is 6.61 Å². The van der Waals surface area contributed by atoms with E-state index in [0.29, 0.717) is 12.2 Å². The summed E-state index contributed by atoms with van der Waals surface area (Å²) in [6.07, 6.45) is 0.745. The Hall–Kier alpha value is -1.58. The van der Waals surface area contributed by atoms with Gasteiger partial charge in [-0.3, -0.25) is 4.79 Å². The second kappa shape index (κ2) is 4.77. The van der Waals surface area contributed by atoms with Gasteiger partial charge >= 0.3 is 5.97 Å². The maximum Gasteiger partial charge on any atom is 0.344 e. The Morgan fingerprint density at radius 2 is 2.13 bits per heavy atom. The zero-order valence-electron chi connectivity index (χ0n) is 9.22. The van der Waals surface area contributed by atoms with Crippen molar-refractivity contribution in [1.82, 2.24) is 4.98 Å². The van der Waals surface area contributed by atoms with E-state index in [1.807, 2.05) is 6.92 Å². The van der Waals surface area contributed by atoms with E-state index in [4.69, 9.17) is 4.74 Å². The van der Waals surface area contributed by atoms with Gasteiger partial charge in [0.1, 0.15) is 5.56 Å². The van der Waals surface area contributed by atoms with Crippen LogP contribution in [-0.4, -0.2) is 17.6 Å². The lowest BCUT2D eigenvalue weighted by Crippen LogP contribution is -2.22. The predicted molar refractivity (Wildman–Crippen MR) is 57.1 cm³/mol. The SMILES string of the molecule is CCCOC(=O)c1c(C)cc(C)[nH]c1=O. The molecule has 0 unspecified atom stereocenters. The third kappa shape index (κ3) is 2.68. The van der Waals surface area contributed by atoms with Crippen LogP contribution in [0.5, 0.6) is 0 Å². The summed E-state index contributed by atoms with van der Waals surface area (Å²) in [7, 11) is 0. The molecule has 1 N–H and O–H groups in total. The molecule has 4 nitrogen and oxygen atoms in total. The Balaban J connectivity index is 3.04. The Kier molecular flexibility index (Phi) is 3.66. The molecular weight excluding hydrogens is 194 g/mol. The van der Waals surface area contributed by atoms with Crippen LogP contribution < -0.4 is 5.56 Å². The molecule has 0 aliphatic carbocycles. The number of hydrogen-bond acceptors (Lipinski definition) is 3. The summed E-state index contributed by atoms with van der Waals surface area (Å²) in [5, 5.41) is 0. The fourth-order valence-electron chi connectivity index (χ4n) is 1.37. The molecule has 0 atom stereocenters. The summed E-state index contributed by atoms with van der Waals surface area (Å²) < 4.78 is 4.92. The molecule has 0 saturated heterocycles. The Morgan fingerprint density at radius 3 is 2.67 bits per heavy atom. The molecule has 4 heteroatoms. The molecule has 0 fully saturated rings. The van der Waals surface area contributed by atoms with Crippen LogP contribution in [0.1, 0.15) is 35.0 Å². The number of esters is 1. The van der Waals surface area contributed by atoms with Gasteiger partial charge in [-0.2, -0.15) is 0 Å². The van der Waals surface area contributed by atoms with Crippen LogP contribution in [0.3, 0.4) is 0 Å². The number of aryl methyl sites for hydroxylation is 2. The second-order valence-electron chi connectivity index (χ2n) is 3.48. The van der Waals surface area contributed by atoms with Gasteiger partial charge in [0.2, 0.25) is 0 Å². The number of rotatable bonds is 3. The van der Waals surface area contributed by atoms with Gasteiger partial charge in [-0.1, -0.05) is 6.92 Å². The van der Waals surface area contributed by atoms with Crippen molar-refractivity contribution in [2.45, 2.75) is 27.2 Å². The number of nitrogens with one attached hydrogen (secondary N) is 1. The van der Waals surface area contributed by atoms with Gasteiger partial charge < -0.3 is 9.72 Å². The van der Waals surface area contributed by atoms with Gasteiger partial charge in [-0.15, -0.1) is 0 Å². The highest BCUT2D eigenvalue weighted by Gasteiger charge is 2.15. The molecule has 1 heterocycles. The van der Waals surface area contributed by atoms with Crippen molar-refractivity contribution < 1.29 is 9.53 Å². The summed E-state index contributed by atoms with van der Waals surface area (Å²) >= 11 is 0. The highest BCUT2D eigenvalue weighted by Crippen LogP contribution is 2.05. The molecule has 1 aromatic heterocycles. The Bertz CT molecular complexity index is 420. The molecule has 0 bridgehead atoms. The first-order chi connectivity index (χ1) is 7.06. The van der Waals surface area contributed by atoms with Crippen LogP contribution in [0, 0.1) is 13.8 Å². The highest BCUT2D eigenvalue weighted by molar-refractivity contribution is 5.90. The first kappa shape index (κ1) is 11.5. The number of ether oxygens (including phenoxy) is 1. The molecule has 0 aliphatic rings. The summed E-state index contributed by atoms with van der Waals surface area (Å²) in [4.78, 5) is 25.6. The van der Waals surface area contributed by atoms with Crippen molar-refractivity contribution in [2.24, 2.45) is 0 Å². The molecule has 1 aromatic rings. The van der Waals surface area contributed by atoms with E-state index in [1.165, 1.54) is 0 Å². The number of carbonyl (C=O) groups excluding carboxylic acids is 1. The van der Waals surface area contributed by atoms with E-state index in [-0.39, 0.29) is 11.1 Å². The van der Waals surface area contributed by atoms with Crippen LogP contribution in [0.25, 0.3) is 0 Å². The van der Waals surface area contributed by atoms with Crippen LogP contribution in [0.15, 0.2) is 10.9 Å². The van der Waals surface area contributed by atoms with E-state index in [2.05, 4.69) is 4.98 Å². The number of carbonyl (C=O) groups is 1. The monoisotopic (exact) mass is 209 g/mol. The zero-order valence-corrected chi connectivity index (χ0v) is 9.22. The van der Waals surface area contributed by atoms with Gasteiger partial charge in [0.25, 0.3) is 5.56 Å². The number of aromatic amines is 1. The fraction of sp³-hybridized carbons (Fsp3) is 0.455.